The minimum absolute atomic E-state index is 0.156. The molecule has 8 heteroatoms. The van der Waals surface area contributed by atoms with Gasteiger partial charge >= 0.3 is 6.09 Å². The van der Waals surface area contributed by atoms with Crippen molar-refractivity contribution < 1.29 is 28.5 Å². The second-order valence-corrected chi connectivity index (χ2v) is 5.10. The first-order chi connectivity index (χ1) is 12.0. The number of halogens is 1. The van der Waals surface area contributed by atoms with E-state index in [1.54, 1.807) is 24.3 Å². The van der Waals surface area contributed by atoms with Crippen LogP contribution in [0.25, 0.3) is 0 Å². The number of amides is 1. The first kappa shape index (κ1) is 18.5. The molecule has 0 atom stereocenters. The highest BCUT2D eigenvalue weighted by atomic mass is 35.5. The fourth-order valence-corrected chi connectivity index (χ4v) is 2.34. The molecule has 1 N–H and O–H groups in total. The van der Waals surface area contributed by atoms with E-state index in [4.69, 9.17) is 35.3 Å². The molecule has 0 heterocycles. The van der Waals surface area contributed by atoms with E-state index in [0.717, 1.165) is 0 Å². The highest BCUT2D eigenvalue weighted by Gasteiger charge is 2.18. The first-order valence-corrected chi connectivity index (χ1v) is 7.53. The van der Waals surface area contributed by atoms with Gasteiger partial charge in [0.15, 0.2) is 11.5 Å². The van der Waals surface area contributed by atoms with Crippen LogP contribution in [0.5, 0.6) is 28.7 Å². The van der Waals surface area contributed by atoms with E-state index in [0.29, 0.717) is 33.7 Å². The maximum atomic E-state index is 12.3. The molecule has 134 valence electrons. The Morgan fingerprint density at radius 1 is 0.880 bits per heavy atom. The van der Waals surface area contributed by atoms with Gasteiger partial charge in [0, 0.05) is 6.07 Å². The van der Waals surface area contributed by atoms with E-state index >= 15 is 0 Å². The highest BCUT2D eigenvalue weighted by molar-refractivity contribution is 6.32. The normalized spacial score (nSPS) is 9.96. The Bertz CT molecular complexity index is 743. The van der Waals surface area contributed by atoms with E-state index in [1.165, 1.54) is 34.5 Å². The second-order valence-electron chi connectivity index (χ2n) is 4.69. The van der Waals surface area contributed by atoms with Crippen LogP contribution in [-0.2, 0) is 0 Å². The van der Waals surface area contributed by atoms with Gasteiger partial charge in [-0.3, -0.25) is 5.32 Å². The van der Waals surface area contributed by atoms with Crippen molar-refractivity contribution in [2.45, 2.75) is 0 Å². The molecule has 0 spiro atoms. The highest BCUT2D eigenvalue weighted by Crippen LogP contribution is 2.38. The molecule has 25 heavy (non-hydrogen) atoms. The molecule has 0 unspecified atom stereocenters. The summed E-state index contributed by atoms with van der Waals surface area (Å²) in [6.45, 7) is 0. The Balaban J connectivity index is 2.26. The summed E-state index contributed by atoms with van der Waals surface area (Å²) >= 11 is 6.08. The summed E-state index contributed by atoms with van der Waals surface area (Å²) in [6, 6.07) is 8.07. The zero-order chi connectivity index (χ0) is 18.4. The summed E-state index contributed by atoms with van der Waals surface area (Å²) in [4.78, 5) is 12.3. The SMILES string of the molecule is COc1cc(OC)c(NC(=O)Oc2c(OC)cccc2OC)cc1Cl. The molecular weight excluding hydrogens is 350 g/mol. The number of carbonyl (C=O) groups excluding carboxylic acids is 1. The molecule has 0 saturated carbocycles. The minimum Gasteiger partial charge on any atom is -0.495 e. The summed E-state index contributed by atoms with van der Waals surface area (Å²) in [6.07, 6.45) is -0.762. The summed E-state index contributed by atoms with van der Waals surface area (Å²) in [5, 5.41) is 2.88. The molecule has 0 bridgehead atoms. The average molecular weight is 368 g/mol. The molecule has 0 saturated heterocycles. The lowest BCUT2D eigenvalue weighted by Gasteiger charge is -2.15. The van der Waals surface area contributed by atoms with Gasteiger partial charge in [-0.2, -0.15) is 0 Å². The molecule has 0 aliphatic rings. The Labute approximate surface area is 150 Å². The molecule has 0 aliphatic heterocycles. The smallest absolute Gasteiger partial charge is 0.417 e. The van der Waals surface area contributed by atoms with Gasteiger partial charge in [-0.05, 0) is 18.2 Å². The summed E-state index contributed by atoms with van der Waals surface area (Å²) in [5.74, 6) is 1.65. The predicted molar refractivity (Wildman–Crippen MR) is 93.7 cm³/mol. The van der Waals surface area contributed by atoms with Crippen molar-refractivity contribution in [2.24, 2.45) is 0 Å². The molecule has 1 amide bonds. The summed E-state index contributed by atoms with van der Waals surface area (Å²) < 4.78 is 26.0. The molecule has 2 rings (SSSR count). The van der Waals surface area contributed by atoms with Crippen LogP contribution in [0.1, 0.15) is 0 Å². The topological polar surface area (TPSA) is 75.3 Å². The number of rotatable bonds is 6. The van der Waals surface area contributed by atoms with Gasteiger partial charge in [-0.15, -0.1) is 0 Å². The quantitative estimate of drug-likeness (QED) is 0.832. The van der Waals surface area contributed by atoms with Gasteiger partial charge in [0.2, 0.25) is 5.75 Å². The number of benzene rings is 2. The van der Waals surface area contributed by atoms with E-state index in [2.05, 4.69) is 5.32 Å². The molecule has 2 aromatic rings. The van der Waals surface area contributed by atoms with Crippen LogP contribution in [0.3, 0.4) is 0 Å². The Hall–Kier alpha value is -2.80. The van der Waals surface area contributed by atoms with Gasteiger partial charge in [-0.1, -0.05) is 17.7 Å². The number of hydrogen-bond acceptors (Lipinski definition) is 6. The van der Waals surface area contributed by atoms with Crippen molar-refractivity contribution in [3.63, 3.8) is 0 Å². The second kappa shape index (κ2) is 8.34. The summed E-state index contributed by atoms with van der Waals surface area (Å²) in [7, 11) is 5.87. The van der Waals surface area contributed by atoms with E-state index in [9.17, 15) is 4.79 Å². The van der Waals surface area contributed by atoms with Gasteiger partial charge in [0.25, 0.3) is 0 Å². The first-order valence-electron chi connectivity index (χ1n) is 7.15. The summed E-state index contributed by atoms with van der Waals surface area (Å²) in [5.41, 5.74) is 0.326. The van der Waals surface area contributed by atoms with Crippen LogP contribution in [0, 0.1) is 0 Å². The van der Waals surface area contributed by atoms with Crippen LogP contribution in [-0.4, -0.2) is 34.5 Å². The fraction of sp³-hybridized carbons (Fsp3) is 0.235. The molecule has 7 nitrogen and oxygen atoms in total. The lowest BCUT2D eigenvalue weighted by Crippen LogP contribution is -2.18. The van der Waals surface area contributed by atoms with Crippen LogP contribution < -0.4 is 29.0 Å². The van der Waals surface area contributed by atoms with Crippen LogP contribution in [0.4, 0.5) is 10.5 Å². The van der Waals surface area contributed by atoms with Crippen molar-refractivity contribution >= 4 is 23.4 Å². The van der Waals surface area contributed by atoms with Crippen molar-refractivity contribution in [1.82, 2.24) is 0 Å². The Morgan fingerprint density at radius 2 is 1.44 bits per heavy atom. The number of methoxy groups -OCH3 is 4. The van der Waals surface area contributed by atoms with E-state index < -0.39 is 6.09 Å². The largest absolute Gasteiger partial charge is 0.495 e. The molecule has 0 fully saturated rings. The number of carbonyl (C=O) groups is 1. The van der Waals surface area contributed by atoms with E-state index in [-0.39, 0.29) is 5.75 Å². The van der Waals surface area contributed by atoms with Crippen molar-refractivity contribution in [3.05, 3.63) is 35.4 Å². The maximum absolute atomic E-state index is 12.3. The van der Waals surface area contributed by atoms with Crippen LogP contribution in [0.2, 0.25) is 5.02 Å². The lowest BCUT2D eigenvalue weighted by molar-refractivity contribution is 0.210. The molecule has 0 aromatic heterocycles. The zero-order valence-electron chi connectivity index (χ0n) is 14.2. The number of anilines is 1. The average Bonchev–Trinajstić information content (AvgIpc) is 2.62. The number of para-hydroxylation sites is 1. The van der Waals surface area contributed by atoms with Crippen molar-refractivity contribution in [3.8, 4) is 28.7 Å². The van der Waals surface area contributed by atoms with Crippen LogP contribution in [0.15, 0.2) is 30.3 Å². The third-order valence-electron chi connectivity index (χ3n) is 3.29. The molecular formula is C17H18ClNO6. The number of nitrogens with one attached hydrogen (secondary N) is 1. The molecule has 0 aliphatic carbocycles. The maximum Gasteiger partial charge on any atom is 0.417 e. The third-order valence-corrected chi connectivity index (χ3v) is 3.58. The lowest BCUT2D eigenvalue weighted by atomic mass is 10.2. The Kier molecular flexibility index (Phi) is 6.19. The minimum atomic E-state index is -0.762. The van der Waals surface area contributed by atoms with E-state index in [1.807, 2.05) is 0 Å². The fourth-order valence-electron chi connectivity index (χ4n) is 2.10. The Morgan fingerprint density at radius 3 is 1.96 bits per heavy atom. The van der Waals surface area contributed by atoms with Gasteiger partial charge in [-0.25, -0.2) is 4.79 Å². The third kappa shape index (κ3) is 4.19. The zero-order valence-corrected chi connectivity index (χ0v) is 15.0. The van der Waals surface area contributed by atoms with Crippen molar-refractivity contribution in [1.29, 1.82) is 0 Å². The standard InChI is InChI=1S/C17H18ClNO6/c1-21-12-6-5-7-13(22-2)16(12)25-17(20)19-11-8-10(18)14(23-3)9-15(11)24-4/h5-9H,1-4H3,(H,19,20). The predicted octanol–water partition coefficient (Wildman–Crippen LogP) is 3.99. The molecule has 0 radical (unpaired) electrons. The monoisotopic (exact) mass is 367 g/mol. The van der Waals surface area contributed by atoms with Gasteiger partial charge in [0.05, 0.1) is 39.1 Å². The number of ether oxygens (including phenoxy) is 5. The van der Waals surface area contributed by atoms with Gasteiger partial charge in [0.1, 0.15) is 11.5 Å². The van der Waals surface area contributed by atoms with Gasteiger partial charge < -0.3 is 23.7 Å². The van der Waals surface area contributed by atoms with Crippen LogP contribution >= 0.6 is 11.6 Å². The molecule has 2 aromatic carbocycles. The number of hydrogen-bond donors (Lipinski definition) is 1. The van der Waals surface area contributed by atoms with Crippen molar-refractivity contribution in [2.75, 3.05) is 33.8 Å².